The highest BCUT2D eigenvalue weighted by molar-refractivity contribution is 7.80. The van der Waals surface area contributed by atoms with Crippen molar-refractivity contribution < 1.29 is 19.1 Å². The second kappa shape index (κ2) is 12.2. The molecule has 1 aromatic rings. The molecule has 1 saturated heterocycles. The predicted molar refractivity (Wildman–Crippen MR) is 116 cm³/mol. The molecule has 0 saturated carbocycles. The van der Waals surface area contributed by atoms with E-state index < -0.39 is 5.97 Å². The monoisotopic (exact) mass is 419 g/mol. The smallest absolute Gasteiger partial charge is 0.306 e. The van der Waals surface area contributed by atoms with Crippen LogP contribution < -0.4 is 10.6 Å². The Balaban J connectivity index is 1.90. The number of esters is 1. The number of nitrogens with one attached hydrogen (secondary N) is 2. The minimum atomic E-state index is -0.408. The molecule has 1 aromatic carbocycles. The molecule has 158 valence electrons. The molecule has 1 aliphatic heterocycles. The summed E-state index contributed by atoms with van der Waals surface area (Å²) in [6.45, 7) is 3.76. The van der Waals surface area contributed by atoms with Crippen molar-refractivity contribution >= 4 is 40.8 Å². The summed E-state index contributed by atoms with van der Waals surface area (Å²) in [6.07, 6.45) is 5.03. The first-order chi connectivity index (χ1) is 14.0. The fourth-order valence-electron chi connectivity index (χ4n) is 3.07. The van der Waals surface area contributed by atoms with Gasteiger partial charge in [0.15, 0.2) is 5.11 Å². The Labute approximate surface area is 177 Å². The van der Waals surface area contributed by atoms with E-state index in [-0.39, 0.29) is 29.8 Å². The van der Waals surface area contributed by atoms with Gasteiger partial charge in [-0.3, -0.25) is 14.4 Å². The standard InChI is InChI=1S/C21H29N3O4S/c1-2-15-28-19(26)12-11-18(25)23-21(29)22-17-10-6-5-9-16(17)20(27)24-13-7-3-4-8-14-24/h5-6,9-10H,2-4,7-8,11-15H2,1H3,(H2,22,23,25,29). The largest absolute Gasteiger partial charge is 0.466 e. The first kappa shape index (κ1) is 22.8. The number of para-hydroxylation sites is 1. The molecule has 8 heteroatoms. The zero-order valence-corrected chi connectivity index (χ0v) is 17.7. The van der Waals surface area contributed by atoms with Crippen LogP contribution in [0, 0.1) is 0 Å². The molecule has 0 aromatic heterocycles. The fraction of sp³-hybridized carbons (Fsp3) is 0.524. The second-order valence-corrected chi connectivity index (χ2v) is 7.38. The van der Waals surface area contributed by atoms with E-state index in [2.05, 4.69) is 10.6 Å². The maximum atomic E-state index is 12.9. The number of ether oxygens (including phenoxy) is 1. The van der Waals surface area contributed by atoms with Crippen LogP contribution in [-0.2, 0) is 14.3 Å². The summed E-state index contributed by atoms with van der Waals surface area (Å²) in [5.74, 6) is -0.829. The molecule has 2 rings (SSSR count). The predicted octanol–water partition coefficient (Wildman–Crippen LogP) is 3.25. The quantitative estimate of drug-likeness (QED) is 0.521. The SMILES string of the molecule is CCCOC(=O)CCC(=O)NC(=S)Nc1ccccc1C(=O)N1CCCCCC1. The Hall–Kier alpha value is -2.48. The van der Waals surface area contributed by atoms with Crippen LogP contribution in [0.25, 0.3) is 0 Å². The third-order valence-corrected chi connectivity index (χ3v) is 4.78. The summed E-state index contributed by atoms with van der Waals surface area (Å²) in [7, 11) is 0. The molecule has 29 heavy (non-hydrogen) atoms. The van der Waals surface area contributed by atoms with Gasteiger partial charge in [0.2, 0.25) is 5.91 Å². The lowest BCUT2D eigenvalue weighted by atomic mass is 10.1. The molecule has 0 atom stereocenters. The minimum absolute atomic E-state index is 0.00151. The zero-order valence-electron chi connectivity index (χ0n) is 16.9. The molecule has 0 radical (unpaired) electrons. The Morgan fingerprint density at radius 1 is 1.07 bits per heavy atom. The molecular formula is C21H29N3O4S. The van der Waals surface area contributed by atoms with Gasteiger partial charge in [-0.2, -0.15) is 0 Å². The van der Waals surface area contributed by atoms with Crippen molar-refractivity contribution in [2.45, 2.75) is 51.9 Å². The van der Waals surface area contributed by atoms with Crippen molar-refractivity contribution in [2.75, 3.05) is 25.0 Å². The van der Waals surface area contributed by atoms with Crippen LogP contribution in [0.1, 0.15) is 62.2 Å². The maximum Gasteiger partial charge on any atom is 0.306 e. The van der Waals surface area contributed by atoms with Gasteiger partial charge >= 0.3 is 5.97 Å². The number of benzene rings is 1. The molecule has 0 unspecified atom stereocenters. The molecule has 1 fully saturated rings. The van der Waals surface area contributed by atoms with E-state index in [0.29, 0.717) is 17.9 Å². The molecular weight excluding hydrogens is 390 g/mol. The van der Waals surface area contributed by atoms with E-state index >= 15 is 0 Å². The van der Waals surface area contributed by atoms with Gasteiger partial charge in [-0.25, -0.2) is 0 Å². The highest BCUT2D eigenvalue weighted by atomic mass is 32.1. The van der Waals surface area contributed by atoms with E-state index in [0.717, 1.165) is 45.2 Å². The summed E-state index contributed by atoms with van der Waals surface area (Å²) < 4.78 is 4.94. The topological polar surface area (TPSA) is 87.7 Å². The van der Waals surface area contributed by atoms with Crippen molar-refractivity contribution in [1.82, 2.24) is 10.2 Å². The number of carbonyl (C=O) groups excluding carboxylic acids is 3. The van der Waals surface area contributed by atoms with Crippen molar-refractivity contribution in [2.24, 2.45) is 0 Å². The number of amides is 2. The Morgan fingerprint density at radius 2 is 1.76 bits per heavy atom. The lowest BCUT2D eigenvalue weighted by Crippen LogP contribution is -2.36. The molecule has 0 aliphatic carbocycles. The zero-order chi connectivity index (χ0) is 21.1. The van der Waals surface area contributed by atoms with Gasteiger partial charge < -0.3 is 20.3 Å². The van der Waals surface area contributed by atoms with Crippen LogP contribution in [0.3, 0.4) is 0 Å². The Bertz CT molecular complexity index is 730. The second-order valence-electron chi connectivity index (χ2n) is 6.97. The van der Waals surface area contributed by atoms with Crippen molar-refractivity contribution in [3.63, 3.8) is 0 Å². The normalized spacial score (nSPS) is 13.9. The lowest BCUT2D eigenvalue weighted by molar-refractivity contribution is -0.144. The van der Waals surface area contributed by atoms with Crippen LogP contribution in [0.4, 0.5) is 5.69 Å². The lowest BCUT2D eigenvalue weighted by Gasteiger charge is -2.22. The number of likely N-dealkylation sites (tertiary alicyclic amines) is 1. The van der Waals surface area contributed by atoms with Crippen LogP contribution in [0.15, 0.2) is 24.3 Å². The Morgan fingerprint density at radius 3 is 2.45 bits per heavy atom. The van der Waals surface area contributed by atoms with Crippen molar-refractivity contribution in [3.05, 3.63) is 29.8 Å². The van der Waals surface area contributed by atoms with Crippen LogP contribution in [0.2, 0.25) is 0 Å². The van der Waals surface area contributed by atoms with Crippen LogP contribution in [0.5, 0.6) is 0 Å². The summed E-state index contributed by atoms with van der Waals surface area (Å²) in [5, 5.41) is 5.57. The van der Waals surface area contributed by atoms with Crippen molar-refractivity contribution in [1.29, 1.82) is 0 Å². The average molecular weight is 420 g/mol. The summed E-state index contributed by atoms with van der Waals surface area (Å²) in [4.78, 5) is 38.3. The Kier molecular flexibility index (Phi) is 9.56. The molecule has 2 N–H and O–H groups in total. The summed E-state index contributed by atoms with van der Waals surface area (Å²) in [5.41, 5.74) is 1.07. The number of anilines is 1. The van der Waals surface area contributed by atoms with Gasteiger partial charge in [0, 0.05) is 19.5 Å². The number of thiocarbonyl (C=S) groups is 1. The van der Waals surface area contributed by atoms with Crippen LogP contribution in [-0.4, -0.2) is 47.5 Å². The highest BCUT2D eigenvalue weighted by Gasteiger charge is 2.20. The van der Waals surface area contributed by atoms with E-state index in [9.17, 15) is 14.4 Å². The first-order valence-corrected chi connectivity index (χ1v) is 10.6. The maximum absolute atomic E-state index is 12.9. The molecule has 1 aliphatic rings. The van der Waals surface area contributed by atoms with Gasteiger partial charge in [0.1, 0.15) is 0 Å². The molecule has 1 heterocycles. The van der Waals surface area contributed by atoms with Crippen LogP contribution >= 0.6 is 12.2 Å². The van der Waals surface area contributed by atoms with Gasteiger partial charge in [-0.05, 0) is 43.6 Å². The molecule has 0 spiro atoms. The number of hydrogen-bond acceptors (Lipinski definition) is 5. The fourth-order valence-corrected chi connectivity index (χ4v) is 3.29. The third-order valence-electron chi connectivity index (χ3n) is 4.58. The third kappa shape index (κ3) is 7.81. The van der Waals surface area contributed by atoms with Gasteiger partial charge in [-0.15, -0.1) is 0 Å². The first-order valence-electron chi connectivity index (χ1n) is 10.2. The molecule has 7 nitrogen and oxygen atoms in total. The molecule has 2 amide bonds. The summed E-state index contributed by atoms with van der Waals surface area (Å²) >= 11 is 5.20. The van der Waals surface area contributed by atoms with Gasteiger partial charge in [0.25, 0.3) is 5.91 Å². The van der Waals surface area contributed by atoms with Gasteiger partial charge in [-0.1, -0.05) is 31.9 Å². The number of rotatable bonds is 7. The number of nitrogens with zero attached hydrogens (tertiary/aromatic N) is 1. The minimum Gasteiger partial charge on any atom is -0.466 e. The van der Waals surface area contributed by atoms with E-state index in [1.165, 1.54) is 0 Å². The van der Waals surface area contributed by atoms with E-state index in [1.54, 1.807) is 24.3 Å². The molecule has 0 bridgehead atoms. The van der Waals surface area contributed by atoms with Gasteiger partial charge in [0.05, 0.1) is 24.3 Å². The average Bonchev–Trinajstić information content (AvgIpc) is 3.00. The van der Waals surface area contributed by atoms with E-state index in [4.69, 9.17) is 17.0 Å². The summed E-state index contributed by atoms with van der Waals surface area (Å²) in [6, 6.07) is 7.12. The number of hydrogen-bond donors (Lipinski definition) is 2. The van der Waals surface area contributed by atoms with Crippen molar-refractivity contribution in [3.8, 4) is 0 Å². The van der Waals surface area contributed by atoms with E-state index in [1.807, 2.05) is 11.8 Å². The number of carbonyl (C=O) groups is 3. The highest BCUT2D eigenvalue weighted by Crippen LogP contribution is 2.20.